The highest BCUT2D eigenvalue weighted by Crippen LogP contribution is 2.12. The topological polar surface area (TPSA) is 64.9 Å². The quantitative estimate of drug-likeness (QED) is 0.847. The number of aryl methyl sites for hydroxylation is 1. The van der Waals surface area contributed by atoms with Crippen LogP contribution in [-0.4, -0.2) is 26.9 Å². The van der Waals surface area contributed by atoms with Crippen molar-refractivity contribution in [3.05, 3.63) is 35.5 Å². The van der Waals surface area contributed by atoms with Gasteiger partial charge in [-0.05, 0) is 13.0 Å². The van der Waals surface area contributed by atoms with Crippen LogP contribution in [0.1, 0.15) is 17.2 Å². The highest BCUT2D eigenvalue weighted by molar-refractivity contribution is 5.24. The summed E-state index contributed by atoms with van der Waals surface area (Å²) in [5.74, 6) is 2.47. The third-order valence-electron chi connectivity index (χ3n) is 2.82. The number of pyridine rings is 1. The second-order valence-corrected chi connectivity index (χ2v) is 4.00. The minimum atomic E-state index is 0.652. The lowest BCUT2D eigenvalue weighted by Crippen LogP contribution is -2.16. The molecule has 2 aromatic rings. The molecule has 2 heterocycles. The second-order valence-electron chi connectivity index (χ2n) is 4.00. The van der Waals surface area contributed by atoms with Gasteiger partial charge >= 0.3 is 0 Å². The Balaban J connectivity index is 1.94. The van der Waals surface area contributed by atoms with Gasteiger partial charge in [0, 0.05) is 25.4 Å². The lowest BCUT2D eigenvalue weighted by atomic mass is 10.2. The molecule has 96 valence electrons. The van der Waals surface area contributed by atoms with Crippen molar-refractivity contribution in [2.75, 3.05) is 7.11 Å². The molecule has 1 N–H and O–H groups in total. The summed E-state index contributed by atoms with van der Waals surface area (Å²) < 4.78 is 7.16. The van der Waals surface area contributed by atoms with Gasteiger partial charge in [-0.25, -0.2) is 4.98 Å². The van der Waals surface area contributed by atoms with Crippen LogP contribution in [-0.2, 0) is 20.1 Å². The fourth-order valence-corrected chi connectivity index (χ4v) is 1.66. The highest BCUT2D eigenvalue weighted by atomic mass is 16.5. The maximum Gasteiger partial charge on any atom is 0.217 e. The second kappa shape index (κ2) is 5.59. The van der Waals surface area contributed by atoms with Crippen molar-refractivity contribution >= 4 is 0 Å². The fourth-order valence-electron chi connectivity index (χ4n) is 1.66. The number of nitrogens with zero attached hydrogens (tertiary/aromatic N) is 4. The smallest absolute Gasteiger partial charge is 0.217 e. The molecule has 0 amide bonds. The van der Waals surface area contributed by atoms with E-state index in [1.807, 2.05) is 30.7 Å². The number of ether oxygens (including phenoxy) is 1. The summed E-state index contributed by atoms with van der Waals surface area (Å²) in [6.45, 7) is 3.28. The normalized spacial score (nSPS) is 10.6. The van der Waals surface area contributed by atoms with Crippen molar-refractivity contribution in [1.29, 1.82) is 0 Å². The largest absolute Gasteiger partial charge is 0.481 e. The van der Waals surface area contributed by atoms with Crippen LogP contribution in [0, 0.1) is 6.92 Å². The van der Waals surface area contributed by atoms with Gasteiger partial charge in [0.05, 0.1) is 13.7 Å². The molecule has 0 fully saturated rings. The monoisotopic (exact) mass is 247 g/mol. The van der Waals surface area contributed by atoms with E-state index < -0.39 is 0 Å². The Kier molecular flexibility index (Phi) is 3.88. The van der Waals surface area contributed by atoms with Gasteiger partial charge in [0.2, 0.25) is 5.88 Å². The summed E-state index contributed by atoms with van der Waals surface area (Å²) in [7, 11) is 3.58. The molecule has 2 rings (SSSR count). The van der Waals surface area contributed by atoms with E-state index in [-0.39, 0.29) is 0 Å². The van der Waals surface area contributed by atoms with Gasteiger partial charge in [0.25, 0.3) is 0 Å². The maximum atomic E-state index is 5.19. The van der Waals surface area contributed by atoms with Crippen LogP contribution in [0.5, 0.6) is 5.88 Å². The van der Waals surface area contributed by atoms with E-state index in [1.165, 1.54) is 0 Å². The van der Waals surface area contributed by atoms with Gasteiger partial charge in [-0.1, -0.05) is 6.07 Å². The molecule has 0 aliphatic rings. The third kappa shape index (κ3) is 2.65. The Labute approximate surface area is 106 Å². The van der Waals surface area contributed by atoms with E-state index in [4.69, 9.17) is 4.74 Å². The van der Waals surface area contributed by atoms with Crippen LogP contribution in [0.4, 0.5) is 0 Å². The molecular formula is C12H17N5O. The molecule has 0 radical (unpaired) electrons. The molecule has 0 aliphatic carbocycles. The van der Waals surface area contributed by atoms with Gasteiger partial charge in [0.1, 0.15) is 11.6 Å². The molecular weight excluding hydrogens is 230 g/mol. The van der Waals surface area contributed by atoms with E-state index in [1.54, 1.807) is 13.3 Å². The first kappa shape index (κ1) is 12.5. The Morgan fingerprint density at radius 3 is 2.83 bits per heavy atom. The molecule has 0 bridgehead atoms. The van der Waals surface area contributed by atoms with Crippen molar-refractivity contribution in [1.82, 2.24) is 25.1 Å². The summed E-state index contributed by atoms with van der Waals surface area (Å²) in [6.07, 6.45) is 1.72. The molecule has 6 heteroatoms. The maximum absolute atomic E-state index is 5.19. The van der Waals surface area contributed by atoms with Gasteiger partial charge in [-0.15, -0.1) is 10.2 Å². The van der Waals surface area contributed by atoms with E-state index in [0.29, 0.717) is 19.0 Å². The average molecular weight is 247 g/mol. The number of nitrogens with one attached hydrogen (secondary N) is 1. The molecule has 0 saturated carbocycles. The summed E-state index contributed by atoms with van der Waals surface area (Å²) in [5.41, 5.74) is 1.03. The number of rotatable bonds is 5. The Morgan fingerprint density at radius 2 is 2.17 bits per heavy atom. The van der Waals surface area contributed by atoms with Crippen LogP contribution in [0.3, 0.4) is 0 Å². The zero-order valence-corrected chi connectivity index (χ0v) is 10.8. The fraction of sp³-hybridized carbons (Fsp3) is 0.417. The summed E-state index contributed by atoms with van der Waals surface area (Å²) in [4.78, 5) is 4.15. The Morgan fingerprint density at radius 1 is 1.33 bits per heavy atom. The number of hydrogen-bond acceptors (Lipinski definition) is 5. The first-order valence-corrected chi connectivity index (χ1v) is 5.76. The van der Waals surface area contributed by atoms with Crippen molar-refractivity contribution in [2.45, 2.75) is 20.0 Å². The summed E-state index contributed by atoms with van der Waals surface area (Å²) in [5, 5.41) is 11.4. The minimum Gasteiger partial charge on any atom is -0.481 e. The van der Waals surface area contributed by atoms with Crippen LogP contribution >= 0.6 is 0 Å². The van der Waals surface area contributed by atoms with Gasteiger partial charge < -0.3 is 14.6 Å². The van der Waals surface area contributed by atoms with Gasteiger partial charge in [-0.2, -0.15) is 0 Å². The molecule has 0 atom stereocenters. The lowest BCUT2D eigenvalue weighted by Gasteiger charge is -2.08. The zero-order chi connectivity index (χ0) is 13.0. The molecule has 0 aromatic carbocycles. The Bertz CT molecular complexity index is 523. The molecule has 2 aromatic heterocycles. The highest BCUT2D eigenvalue weighted by Gasteiger charge is 2.06. The molecule has 0 unspecified atom stereocenters. The molecule has 0 aliphatic heterocycles. The average Bonchev–Trinajstić information content (AvgIpc) is 2.71. The van der Waals surface area contributed by atoms with Crippen molar-refractivity contribution in [3.63, 3.8) is 0 Å². The van der Waals surface area contributed by atoms with E-state index in [9.17, 15) is 0 Å². The first-order chi connectivity index (χ1) is 8.72. The number of aromatic nitrogens is 4. The van der Waals surface area contributed by atoms with Crippen molar-refractivity contribution < 1.29 is 4.74 Å². The number of methoxy groups -OCH3 is 1. The molecule has 0 saturated heterocycles. The Hall–Kier alpha value is -1.95. The van der Waals surface area contributed by atoms with Crippen LogP contribution < -0.4 is 10.1 Å². The van der Waals surface area contributed by atoms with Crippen LogP contribution in [0.15, 0.2) is 18.3 Å². The summed E-state index contributed by atoms with van der Waals surface area (Å²) in [6, 6.07) is 3.88. The van der Waals surface area contributed by atoms with Crippen molar-refractivity contribution in [2.24, 2.45) is 7.05 Å². The van der Waals surface area contributed by atoms with Crippen LogP contribution in [0.25, 0.3) is 0 Å². The van der Waals surface area contributed by atoms with E-state index >= 15 is 0 Å². The predicted molar refractivity (Wildman–Crippen MR) is 67.1 cm³/mol. The molecule has 6 nitrogen and oxygen atoms in total. The first-order valence-electron chi connectivity index (χ1n) is 5.76. The van der Waals surface area contributed by atoms with Gasteiger partial charge in [0.15, 0.2) is 0 Å². The molecule has 0 spiro atoms. The predicted octanol–water partition coefficient (Wildman–Crippen LogP) is 0.817. The minimum absolute atomic E-state index is 0.652. The third-order valence-corrected chi connectivity index (χ3v) is 2.82. The van der Waals surface area contributed by atoms with Crippen molar-refractivity contribution in [3.8, 4) is 5.88 Å². The van der Waals surface area contributed by atoms with E-state index in [0.717, 1.165) is 17.2 Å². The zero-order valence-electron chi connectivity index (χ0n) is 10.8. The standard InChI is InChI=1S/C12H17N5O/c1-9-15-16-11(17(9)2)8-13-7-10-5-4-6-14-12(10)18-3/h4-6,13H,7-8H2,1-3H3. The lowest BCUT2D eigenvalue weighted by molar-refractivity contribution is 0.390. The van der Waals surface area contributed by atoms with Crippen LogP contribution in [0.2, 0.25) is 0 Å². The van der Waals surface area contributed by atoms with E-state index in [2.05, 4.69) is 20.5 Å². The number of hydrogen-bond donors (Lipinski definition) is 1. The SMILES string of the molecule is COc1ncccc1CNCc1nnc(C)n1C. The molecule has 18 heavy (non-hydrogen) atoms. The summed E-state index contributed by atoms with van der Waals surface area (Å²) >= 11 is 0. The van der Waals surface area contributed by atoms with Gasteiger partial charge in [-0.3, -0.25) is 0 Å².